The third-order valence-electron chi connectivity index (χ3n) is 1.12. The summed E-state index contributed by atoms with van der Waals surface area (Å²) in [6.07, 6.45) is 3.59. The number of imidazole rings is 1. The first-order valence-corrected chi connectivity index (χ1v) is 2.92. The number of rotatable bonds is 1. The van der Waals surface area contributed by atoms with Crippen LogP contribution in [0.25, 0.3) is 0 Å². The normalized spacial score (nSPS) is 10.7. The van der Waals surface area contributed by atoms with Gasteiger partial charge in [0.25, 0.3) is 0 Å². The van der Waals surface area contributed by atoms with Gasteiger partial charge in [0.15, 0.2) is 0 Å². The van der Waals surface area contributed by atoms with Gasteiger partial charge in [-0.3, -0.25) is 9.47 Å². The number of nitrogens with zero attached hydrogens (tertiary/aromatic N) is 2. The van der Waals surface area contributed by atoms with E-state index in [4.69, 9.17) is 0 Å². The maximum Gasteiger partial charge on any atom is 4.00 e. The van der Waals surface area contributed by atoms with Crippen LogP contribution in [0.5, 0.6) is 0 Å². The van der Waals surface area contributed by atoms with Gasteiger partial charge >= 0.3 is 32.2 Å². The molecular formula is C6H12N3Zr+5. The van der Waals surface area contributed by atoms with Gasteiger partial charge in [-0.05, 0) is 0 Å². The molecule has 0 unspecified atom stereocenters. The van der Waals surface area contributed by atoms with E-state index >= 15 is 0 Å². The molecule has 0 aliphatic heterocycles. The van der Waals surface area contributed by atoms with Crippen molar-refractivity contribution >= 4 is 5.95 Å². The monoisotopic (exact) mass is 216 g/mol. The van der Waals surface area contributed by atoms with Gasteiger partial charge in [-0.2, -0.15) is 4.98 Å². The van der Waals surface area contributed by atoms with Crippen molar-refractivity contribution in [2.75, 3.05) is 21.1 Å². The average molecular weight is 217 g/mol. The van der Waals surface area contributed by atoms with Gasteiger partial charge in [-0.25, -0.2) is 0 Å². The average Bonchev–Trinajstić information content (AvgIpc) is 2.08. The molecule has 0 saturated heterocycles. The number of nitrogens with one attached hydrogen (secondary N) is 1. The van der Waals surface area contributed by atoms with E-state index in [1.807, 2.05) is 6.20 Å². The van der Waals surface area contributed by atoms with Crippen LogP contribution in [0, 0.1) is 0 Å². The van der Waals surface area contributed by atoms with E-state index in [0.29, 0.717) is 0 Å². The summed E-state index contributed by atoms with van der Waals surface area (Å²) >= 11 is 0. The first-order chi connectivity index (χ1) is 4.11. The zero-order valence-corrected chi connectivity index (χ0v) is 9.01. The Morgan fingerprint density at radius 3 is 2.20 bits per heavy atom. The van der Waals surface area contributed by atoms with Crippen LogP contribution in [0.15, 0.2) is 12.4 Å². The van der Waals surface area contributed by atoms with E-state index in [2.05, 4.69) is 31.1 Å². The summed E-state index contributed by atoms with van der Waals surface area (Å²) in [5, 5.41) is 0. The van der Waals surface area contributed by atoms with Gasteiger partial charge in [-0.15, -0.1) is 0 Å². The van der Waals surface area contributed by atoms with Crippen LogP contribution in [-0.4, -0.2) is 31.1 Å². The molecule has 0 spiro atoms. The van der Waals surface area contributed by atoms with Crippen molar-refractivity contribution in [2.45, 2.75) is 0 Å². The van der Waals surface area contributed by atoms with Crippen molar-refractivity contribution in [3.63, 3.8) is 0 Å². The van der Waals surface area contributed by atoms with Crippen LogP contribution >= 0.6 is 0 Å². The van der Waals surface area contributed by atoms with Crippen LogP contribution in [0.3, 0.4) is 0 Å². The molecule has 0 radical (unpaired) electrons. The molecule has 0 aliphatic carbocycles. The Morgan fingerprint density at radius 1 is 1.40 bits per heavy atom. The summed E-state index contributed by atoms with van der Waals surface area (Å²) in [5.74, 6) is 0.981. The molecule has 4 heteroatoms. The Bertz CT molecular complexity index is 175. The second-order valence-electron chi connectivity index (χ2n) is 2.93. The summed E-state index contributed by atoms with van der Waals surface area (Å²) in [6.45, 7) is 0. The molecule has 1 rings (SSSR count). The van der Waals surface area contributed by atoms with E-state index in [-0.39, 0.29) is 26.2 Å². The van der Waals surface area contributed by atoms with Crippen molar-refractivity contribution in [3.8, 4) is 0 Å². The molecule has 1 N–H and O–H groups in total. The van der Waals surface area contributed by atoms with Gasteiger partial charge < -0.3 is 0 Å². The molecule has 10 heavy (non-hydrogen) atoms. The van der Waals surface area contributed by atoms with Gasteiger partial charge in [0.1, 0.15) is 0 Å². The van der Waals surface area contributed by atoms with E-state index in [0.717, 1.165) is 10.4 Å². The number of aromatic nitrogens is 2. The summed E-state index contributed by atoms with van der Waals surface area (Å²) in [4.78, 5) is 7.14. The fourth-order valence-electron chi connectivity index (χ4n) is 0.624. The van der Waals surface area contributed by atoms with E-state index < -0.39 is 0 Å². The van der Waals surface area contributed by atoms with Gasteiger partial charge in [0, 0.05) is 6.20 Å². The molecule has 1 aromatic heterocycles. The minimum Gasteiger partial charge on any atom is -0.299 e. The van der Waals surface area contributed by atoms with Crippen molar-refractivity contribution in [3.05, 3.63) is 12.4 Å². The van der Waals surface area contributed by atoms with Crippen LogP contribution < -0.4 is 4.48 Å². The number of hydrogen-bond donors (Lipinski definition) is 1. The Labute approximate surface area is 80.2 Å². The molecule has 0 aromatic carbocycles. The zero-order valence-electron chi connectivity index (χ0n) is 6.55. The zero-order chi connectivity index (χ0) is 6.91. The minimum absolute atomic E-state index is 0. The molecule has 0 atom stereocenters. The molecule has 50 valence electrons. The van der Waals surface area contributed by atoms with Gasteiger partial charge in [-0.1, -0.05) is 0 Å². The number of H-pyrrole nitrogens is 1. The van der Waals surface area contributed by atoms with Crippen molar-refractivity contribution in [1.82, 2.24) is 14.5 Å². The molecule has 0 amide bonds. The molecule has 0 saturated carbocycles. The van der Waals surface area contributed by atoms with Gasteiger partial charge in [0.2, 0.25) is 0 Å². The molecule has 0 fully saturated rings. The minimum atomic E-state index is 0. The summed E-state index contributed by atoms with van der Waals surface area (Å²) in [7, 11) is 6.20. The van der Waals surface area contributed by atoms with Crippen LogP contribution in [-0.2, 0) is 26.2 Å². The van der Waals surface area contributed by atoms with Crippen LogP contribution in [0.1, 0.15) is 0 Å². The second-order valence-corrected chi connectivity index (χ2v) is 2.93. The van der Waals surface area contributed by atoms with Crippen LogP contribution in [0.2, 0.25) is 0 Å². The predicted molar refractivity (Wildman–Crippen MR) is 38.2 cm³/mol. The Morgan fingerprint density at radius 2 is 2.00 bits per heavy atom. The smallest absolute Gasteiger partial charge is 0.299 e. The Kier molecular flexibility index (Phi) is 3.46. The fraction of sp³-hybridized carbons (Fsp3) is 0.500. The maximum absolute atomic E-state index is 4.10. The quantitative estimate of drug-likeness (QED) is 0.686. The third kappa shape index (κ3) is 2.35. The largest absolute Gasteiger partial charge is 4.00 e. The fourth-order valence-corrected chi connectivity index (χ4v) is 0.624. The van der Waals surface area contributed by atoms with E-state index in [1.165, 1.54) is 0 Å². The van der Waals surface area contributed by atoms with Crippen molar-refractivity contribution in [2.24, 2.45) is 0 Å². The number of hydrogen-bond acceptors (Lipinski definition) is 1. The standard InChI is InChI=1S/C6H12N3.Zr/c1-9(2,3)6-7-4-5-8-6;/h4-5H,1-3H3,(H,7,8);/q+1;+4. The molecule has 0 bridgehead atoms. The van der Waals surface area contributed by atoms with Crippen LogP contribution in [0.4, 0.5) is 5.95 Å². The predicted octanol–water partition coefficient (Wildman–Crippen LogP) is 0.604. The molecule has 0 aliphatic rings. The molecule has 3 nitrogen and oxygen atoms in total. The molecule has 1 aromatic rings. The molecular weight excluding hydrogens is 205 g/mol. The summed E-state index contributed by atoms with van der Waals surface area (Å²) < 4.78 is 0.743. The maximum atomic E-state index is 4.10. The number of aromatic amines is 1. The van der Waals surface area contributed by atoms with Crippen molar-refractivity contribution in [1.29, 1.82) is 0 Å². The third-order valence-corrected chi connectivity index (χ3v) is 1.12. The second kappa shape index (κ2) is 3.45. The SMILES string of the molecule is C[N+](C)(C)c1ncc[nH]1.[Zr+4]. The Balaban J connectivity index is 0.000000810. The molecule has 1 heterocycles. The van der Waals surface area contributed by atoms with Crippen molar-refractivity contribution < 1.29 is 26.2 Å². The summed E-state index contributed by atoms with van der Waals surface area (Å²) in [5.41, 5.74) is 0. The van der Waals surface area contributed by atoms with E-state index in [1.54, 1.807) is 6.20 Å². The first kappa shape index (κ1) is 10.1. The topological polar surface area (TPSA) is 28.7 Å². The first-order valence-electron chi connectivity index (χ1n) is 2.92. The summed E-state index contributed by atoms with van der Waals surface area (Å²) in [6, 6.07) is 0. The Hall–Kier alpha value is 0.0531. The van der Waals surface area contributed by atoms with E-state index in [9.17, 15) is 0 Å². The van der Waals surface area contributed by atoms with Gasteiger partial charge in [0.05, 0.1) is 27.3 Å². The number of quaternary nitrogens is 1.